The van der Waals surface area contributed by atoms with Crippen LogP contribution in [0.25, 0.3) is 0 Å². The van der Waals surface area contributed by atoms with Crippen molar-refractivity contribution in [3.63, 3.8) is 0 Å². The average Bonchev–Trinajstić information content (AvgIpc) is 2.16. The van der Waals surface area contributed by atoms with E-state index in [1.807, 2.05) is 0 Å². The molecule has 4 nitrogen and oxygen atoms in total. The number of hydrogen-bond donors (Lipinski definition) is 2. The minimum atomic E-state index is -1.06. The highest BCUT2D eigenvalue weighted by Gasteiger charge is 2.13. The first-order valence-corrected chi connectivity index (χ1v) is 3.70. The molecule has 1 rings (SSSR count). The summed E-state index contributed by atoms with van der Waals surface area (Å²) in [6.07, 6.45) is 0. The fraction of sp³-hybridized carbons (Fsp3) is 0.222. The number of carboxylic acid groups (broad SMARTS) is 1. The van der Waals surface area contributed by atoms with Crippen LogP contribution in [0.4, 0.5) is 0 Å². The number of hydrogen-bond acceptors (Lipinski definition) is 3. The number of para-hydroxylation sites is 1. The molecule has 0 fully saturated rings. The Morgan fingerprint density at radius 3 is 2.69 bits per heavy atom. The SMILES string of the molecule is COc1c(CO)cccc1C(=O)O. The first-order chi connectivity index (χ1) is 6.20. The monoisotopic (exact) mass is 182 g/mol. The van der Waals surface area contributed by atoms with Gasteiger partial charge in [-0.1, -0.05) is 12.1 Å². The summed E-state index contributed by atoms with van der Waals surface area (Å²) in [5.41, 5.74) is 0.538. The predicted octanol–water partition coefficient (Wildman–Crippen LogP) is 0.886. The number of benzene rings is 1. The summed E-state index contributed by atoms with van der Waals surface area (Å²) < 4.78 is 4.89. The number of aliphatic hydroxyl groups is 1. The van der Waals surface area contributed by atoms with E-state index in [1.54, 1.807) is 12.1 Å². The Hall–Kier alpha value is -1.55. The molecule has 0 unspecified atom stereocenters. The fourth-order valence-corrected chi connectivity index (χ4v) is 1.12. The summed E-state index contributed by atoms with van der Waals surface area (Å²) in [7, 11) is 1.38. The van der Waals surface area contributed by atoms with Gasteiger partial charge in [0.1, 0.15) is 11.3 Å². The standard InChI is InChI=1S/C9H10O4/c1-13-8-6(5-10)3-2-4-7(8)9(11)12/h2-4,10H,5H2,1H3,(H,11,12). The lowest BCUT2D eigenvalue weighted by molar-refractivity contribution is 0.0693. The lowest BCUT2D eigenvalue weighted by Gasteiger charge is -2.08. The molecule has 0 saturated heterocycles. The number of carboxylic acids is 1. The van der Waals surface area contributed by atoms with Gasteiger partial charge in [0.25, 0.3) is 0 Å². The molecule has 0 radical (unpaired) electrons. The molecule has 13 heavy (non-hydrogen) atoms. The van der Waals surface area contributed by atoms with Crippen LogP contribution in [0.1, 0.15) is 15.9 Å². The number of aromatic carboxylic acids is 1. The normalized spacial score (nSPS) is 9.69. The van der Waals surface area contributed by atoms with Gasteiger partial charge in [-0.05, 0) is 6.07 Å². The summed E-state index contributed by atoms with van der Waals surface area (Å²) in [5, 5.41) is 17.6. The summed E-state index contributed by atoms with van der Waals surface area (Å²) in [4.78, 5) is 10.7. The van der Waals surface area contributed by atoms with Crippen LogP contribution >= 0.6 is 0 Å². The van der Waals surface area contributed by atoms with Crippen LogP contribution in [-0.2, 0) is 6.61 Å². The molecule has 0 amide bonds. The topological polar surface area (TPSA) is 66.8 Å². The van der Waals surface area contributed by atoms with E-state index in [0.29, 0.717) is 5.56 Å². The second kappa shape index (κ2) is 3.91. The van der Waals surface area contributed by atoms with Crippen molar-refractivity contribution in [2.24, 2.45) is 0 Å². The molecule has 0 bridgehead atoms. The Kier molecular flexibility index (Phi) is 2.87. The van der Waals surface area contributed by atoms with Crippen LogP contribution in [-0.4, -0.2) is 23.3 Å². The van der Waals surface area contributed by atoms with Crippen molar-refractivity contribution in [2.75, 3.05) is 7.11 Å². The summed E-state index contributed by atoms with van der Waals surface area (Å²) in [6.45, 7) is -0.232. The number of carbonyl (C=O) groups is 1. The van der Waals surface area contributed by atoms with Crippen molar-refractivity contribution in [2.45, 2.75) is 6.61 Å². The van der Waals surface area contributed by atoms with Crippen molar-refractivity contribution in [1.29, 1.82) is 0 Å². The summed E-state index contributed by atoms with van der Waals surface area (Å²) >= 11 is 0. The van der Waals surface area contributed by atoms with E-state index < -0.39 is 5.97 Å². The van der Waals surface area contributed by atoms with Gasteiger partial charge in [-0.25, -0.2) is 4.79 Å². The van der Waals surface area contributed by atoms with Crippen LogP contribution in [0.3, 0.4) is 0 Å². The number of rotatable bonds is 3. The molecule has 0 aromatic heterocycles. The smallest absolute Gasteiger partial charge is 0.339 e. The highest BCUT2D eigenvalue weighted by molar-refractivity contribution is 5.91. The van der Waals surface area contributed by atoms with Gasteiger partial charge < -0.3 is 14.9 Å². The van der Waals surface area contributed by atoms with Crippen LogP contribution < -0.4 is 4.74 Å². The van der Waals surface area contributed by atoms with E-state index in [4.69, 9.17) is 14.9 Å². The first kappa shape index (κ1) is 9.54. The van der Waals surface area contributed by atoms with Gasteiger partial charge in [-0.3, -0.25) is 0 Å². The van der Waals surface area contributed by atoms with Gasteiger partial charge in [-0.15, -0.1) is 0 Å². The quantitative estimate of drug-likeness (QED) is 0.728. The van der Waals surface area contributed by atoms with Gasteiger partial charge >= 0.3 is 5.97 Å². The van der Waals surface area contributed by atoms with E-state index >= 15 is 0 Å². The molecule has 70 valence electrons. The van der Waals surface area contributed by atoms with E-state index in [0.717, 1.165) is 0 Å². The lowest BCUT2D eigenvalue weighted by Crippen LogP contribution is -2.03. The molecule has 0 aliphatic rings. The van der Waals surface area contributed by atoms with Gasteiger partial charge in [0, 0.05) is 5.56 Å². The van der Waals surface area contributed by atoms with E-state index in [2.05, 4.69) is 0 Å². The Labute approximate surface area is 75.4 Å². The maximum Gasteiger partial charge on any atom is 0.339 e. The van der Waals surface area contributed by atoms with Crippen LogP contribution in [0.15, 0.2) is 18.2 Å². The molecule has 0 atom stereocenters. The van der Waals surface area contributed by atoms with Crippen molar-refractivity contribution in [1.82, 2.24) is 0 Å². The predicted molar refractivity (Wildman–Crippen MR) is 45.9 cm³/mol. The summed E-state index contributed by atoms with van der Waals surface area (Å²) in [5.74, 6) is -0.843. The zero-order chi connectivity index (χ0) is 9.84. The zero-order valence-electron chi connectivity index (χ0n) is 7.15. The van der Waals surface area contributed by atoms with Gasteiger partial charge in [0.2, 0.25) is 0 Å². The molecule has 4 heteroatoms. The molecule has 1 aromatic carbocycles. The van der Waals surface area contributed by atoms with E-state index in [9.17, 15) is 4.79 Å². The Morgan fingerprint density at radius 1 is 1.54 bits per heavy atom. The molecule has 0 aliphatic carbocycles. The number of methoxy groups -OCH3 is 1. The third-order valence-electron chi connectivity index (χ3n) is 1.70. The minimum absolute atomic E-state index is 0.0639. The third-order valence-corrected chi connectivity index (χ3v) is 1.70. The Bertz CT molecular complexity index is 319. The third kappa shape index (κ3) is 1.78. The highest BCUT2D eigenvalue weighted by Crippen LogP contribution is 2.23. The largest absolute Gasteiger partial charge is 0.495 e. The van der Waals surface area contributed by atoms with Crippen LogP contribution in [0.5, 0.6) is 5.75 Å². The number of aliphatic hydroxyl groups excluding tert-OH is 1. The molecule has 1 aromatic rings. The van der Waals surface area contributed by atoms with Crippen molar-refractivity contribution >= 4 is 5.97 Å². The van der Waals surface area contributed by atoms with Crippen molar-refractivity contribution < 1.29 is 19.7 Å². The van der Waals surface area contributed by atoms with Gasteiger partial charge in [0.05, 0.1) is 13.7 Å². The van der Waals surface area contributed by atoms with Crippen molar-refractivity contribution in [3.05, 3.63) is 29.3 Å². The van der Waals surface area contributed by atoms with Crippen LogP contribution in [0, 0.1) is 0 Å². The molecule has 0 spiro atoms. The molecule has 2 N–H and O–H groups in total. The zero-order valence-corrected chi connectivity index (χ0v) is 7.15. The second-order valence-electron chi connectivity index (χ2n) is 2.46. The highest BCUT2D eigenvalue weighted by atomic mass is 16.5. The van der Waals surface area contributed by atoms with Gasteiger partial charge in [-0.2, -0.15) is 0 Å². The maximum absolute atomic E-state index is 10.7. The maximum atomic E-state index is 10.7. The van der Waals surface area contributed by atoms with Gasteiger partial charge in [0.15, 0.2) is 0 Å². The van der Waals surface area contributed by atoms with E-state index in [1.165, 1.54) is 13.2 Å². The molecule has 0 heterocycles. The Morgan fingerprint density at radius 2 is 2.23 bits per heavy atom. The van der Waals surface area contributed by atoms with Crippen LogP contribution in [0.2, 0.25) is 0 Å². The van der Waals surface area contributed by atoms with Crippen molar-refractivity contribution in [3.8, 4) is 5.75 Å². The average molecular weight is 182 g/mol. The molecule has 0 aliphatic heterocycles. The second-order valence-corrected chi connectivity index (χ2v) is 2.46. The van der Waals surface area contributed by atoms with E-state index in [-0.39, 0.29) is 17.9 Å². The molecular weight excluding hydrogens is 172 g/mol. The molecule has 0 saturated carbocycles. The first-order valence-electron chi connectivity index (χ1n) is 3.70. The fourth-order valence-electron chi connectivity index (χ4n) is 1.12. The minimum Gasteiger partial charge on any atom is -0.495 e. The molecular formula is C9H10O4. The lowest BCUT2D eigenvalue weighted by atomic mass is 10.1. The summed E-state index contributed by atoms with van der Waals surface area (Å²) in [6, 6.07) is 4.61. The Balaban J connectivity index is 3.27. The number of ether oxygens (including phenoxy) is 1.